The quantitative estimate of drug-likeness (QED) is 0.689. The third-order valence-electron chi connectivity index (χ3n) is 3.48. The van der Waals surface area contributed by atoms with Gasteiger partial charge in [-0.3, -0.25) is 9.36 Å². The fraction of sp³-hybridized carbons (Fsp3) is 0.118. The average molecular weight is 327 g/mol. The van der Waals surface area contributed by atoms with Gasteiger partial charge in [0.05, 0.1) is 23.0 Å². The highest BCUT2D eigenvalue weighted by Gasteiger charge is 2.17. The van der Waals surface area contributed by atoms with Crippen LogP contribution < -0.4 is 5.76 Å². The molecule has 0 aliphatic heterocycles. The number of benzene rings is 2. The molecule has 0 amide bonds. The van der Waals surface area contributed by atoms with Crippen LogP contribution >= 0.6 is 11.6 Å². The van der Waals surface area contributed by atoms with Gasteiger partial charge in [0.25, 0.3) is 0 Å². The summed E-state index contributed by atoms with van der Waals surface area (Å²) in [5.41, 5.74) is 1.52. The lowest BCUT2D eigenvalue weighted by Gasteiger charge is -2.05. The van der Waals surface area contributed by atoms with E-state index in [0.29, 0.717) is 11.1 Å². The molecule has 1 heterocycles. The van der Waals surface area contributed by atoms with Crippen LogP contribution in [0.2, 0.25) is 5.02 Å². The SMILES string of the molecule is N#CCCn1c(=O)oc2cc(C(=O)c3ccccc3)c(Cl)cc21. The molecule has 0 aliphatic carbocycles. The van der Waals surface area contributed by atoms with E-state index < -0.39 is 5.76 Å². The van der Waals surface area contributed by atoms with Crippen molar-refractivity contribution in [3.63, 3.8) is 0 Å². The molecule has 0 spiro atoms. The standard InChI is InChI=1S/C17H11ClN2O3/c18-13-10-14-15(23-17(22)20(14)8-4-7-19)9-12(13)16(21)11-5-2-1-3-6-11/h1-3,5-6,9-10H,4,8H2. The van der Waals surface area contributed by atoms with Crippen LogP contribution in [-0.2, 0) is 6.54 Å². The highest BCUT2D eigenvalue weighted by Crippen LogP contribution is 2.26. The van der Waals surface area contributed by atoms with Gasteiger partial charge in [0.1, 0.15) is 0 Å². The Labute approximate surface area is 136 Å². The van der Waals surface area contributed by atoms with E-state index in [4.69, 9.17) is 21.3 Å². The van der Waals surface area contributed by atoms with E-state index in [0.717, 1.165) is 0 Å². The first-order valence-corrected chi connectivity index (χ1v) is 7.29. The van der Waals surface area contributed by atoms with Crippen molar-refractivity contribution >= 4 is 28.5 Å². The molecule has 0 N–H and O–H groups in total. The normalized spacial score (nSPS) is 10.6. The number of oxazole rings is 1. The number of carbonyl (C=O) groups is 1. The zero-order chi connectivity index (χ0) is 16.4. The van der Waals surface area contributed by atoms with Crippen LogP contribution in [-0.4, -0.2) is 10.4 Å². The molecule has 0 bridgehead atoms. The number of rotatable bonds is 4. The first-order valence-electron chi connectivity index (χ1n) is 6.91. The summed E-state index contributed by atoms with van der Waals surface area (Å²) in [6, 6.07) is 13.7. The number of nitriles is 1. The van der Waals surface area contributed by atoms with Crippen molar-refractivity contribution in [3.8, 4) is 6.07 Å². The Bertz CT molecular complexity index is 981. The first-order chi connectivity index (χ1) is 11.1. The molecule has 0 unspecified atom stereocenters. The number of hydrogen-bond donors (Lipinski definition) is 0. The maximum Gasteiger partial charge on any atom is 0.419 e. The summed E-state index contributed by atoms with van der Waals surface area (Å²) in [5.74, 6) is -0.819. The Morgan fingerprint density at radius 1 is 1.26 bits per heavy atom. The molecule has 114 valence electrons. The molecule has 0 radical (unpaired) electrons. The Morgan fingerprint density at radius 2 is 2.00 bits per heavy atom. The second kappa shape index (κ2) is 6.11. The summed E-state index contributed by atoms with van der Waals surface area (Å²) >= 11 is 6.22. The first kappa shape index (κ1) is 15.1. The van der Waals surface area contributed by atoms with Crippen LogP contribution in [0.5, 0.6) is 0 Å². The van der Waals surface area contributed by atoms with Gasteiger partial charge in [-0.1, -0.05) is 41.9 Å². The largest absolute Gasteiger partial charge is 0.419 e. The third kappa shape index (κ3) is 2.77. The van der Waals surface area contributed by atoms with Gasteiger partial charge < -0.3 is 4.42 Å². The second-order valence-electron chi connectivity index (χ2n) is 4.92. The fourth-order valence-corrected chi connectivity index (χ4v) is 2.62. The highest BCUT2D eigenvalue weighted by atomic mass is 35.5. The Hall–Kier alpha value is -2.84. The molecular weight excluding hydrogens is 316 g/mol. The summed E-state index contributed by atoms with van der Waals surface area (Å²) < 4.78 is 6.50. The summed E-state index contributed by atoms with van der Waals surface area (Å²) in [7, 11) is 0. The molecule has 3 rings (SSSR count). The lowest BCUT2D eigenvalue weighted by Crippen LogP contribution is -2.13. The zero-order valence-electron chi connectivity index (χ0n) is 12.0. The number of carbonyl (C=O) groups excluding carboxylic acids is 1. The van der Waals surface area contributed by atoms with Crippen molar-refractivity contribution in [1.29, 1.82) is 5.26 Å². The molecule has 23 heavy (non-hydrogen) atoms. The van der Waals surface area contributed by atoms with Gasteiger partial charge in [-0.05, 0) is 12.1 Å². The van der Waals surface area contributed by atoms with Crippen LogP contribution in [0.1, 0.15) is 22.3 Å². The van der Waals surface area contributed by atoms with Crippen molar-refractivity contribution in [1.82, 2.24) is 4.57 Å². The number of nitrogens with zero attached hydrogens (tertiary/aromatic N) is 2. The van der Waals surface area contributed by atoms with Crippen LogP contribution in [0.4, 0.5) is 0 Å². The van der Waals surface area contributed by atoms with E-state index in [1.165, 1.54) is 16.7 Å². The minimum atomic E-state index is -0.573. The van der Waals surface area contributed by atoms with Gasteiger partial charge >= 0.3 is 5.76 Å². The average Bonchev–Trinajstić information content (AvgIpc) is 2.87. The molecule has 0 aliphatic rings. The maximum atomic E-state index is 12.5. The maximum absolute atomic E-state index is 12.5. The van der Waals surface area contributed by atoms with Crippen molar-refractivity contribution in [2.24, 2.45) is 0 Å². The monoisotopic (exact) mass is 326 g/mol. The van der Waals surface area contributed by atoms with Crippen LogP contribution in [0.3, 0.4) is 0 Å². The molecular formula is C17H11ClN2O3. The van der Waals surface area contributed by atoms with E-state index in [1.807, 2.05) is 12.1 Å². The topological polar surface area (TPSA) is 76.0 Å². The molecule has 0 fully saturated rings. The number of halogens is 1. The van der Waals surface area contributed by atoms with Crippen molar-refractivity contribution in [2.45, 2.75) is 13.0 Å². The molecule has 3 aromatic rings. The van der Waals surface area contributed by atoms with Crippen molar-refractivity contribution in [3.05, 3.63) is 69.2 Å². The van der Waals surface area contributed by atoms with E-state index in [-0.39, 0.29) is 34.9 Å². The van der Waals surface area contributed by atoms with Crippen LogP contribution in [0.15, 0.2) is 51.7 Å². The predicted molar refractivity (Wildman–Crippen MR) is 85.6 cm³/mol. The summed E-state index contributed by atoms with van der Waals surface area (Å²) in [6.07, 6.45) is 0.177. The molecule has 6 heteroatoms. The summed E-state index contributed by atoms with van der Waals surface area (Å²) in [4.78, 5) is 24.4. The van der Waals surface area contributed by atoms with E-state index in [9.17, 15) is 9.59 Å². The fourth-order valence-electron chi connectivity index (χ4n) is 2.38. The van der Waals surface area contributed by atoms with Gasteiger partial charge in [0, 0.05) is 17.7 Å². The minimum absolute atomic E-state index is 0.177. The Balaban J connectivity index is 2.11. The van der Waals surface area contributed by atoms with Crippen molar-refractivity contribution in [2.75, 3.05) is 0 Å². The lowest BCUT2D eigenvalue weighted by molar-refractivity contribution is 0.103. The van der Waals surface area contributed by atoms with E-state index in [2.05, 4.69) is 0 Å². The van der Waals surface area contributed by atoms with Gasteiger partial charge in [-0.15, -0.1) is 0 Å². The number of ketones is 1. The van der Waals surface area contributed by atoms with E-state index in [1.54, 1.807) is 24.3 Å². The van der Waals surface area contributed by atoms with Crippen LogP contribution in [0.25, 0.3) is 11.1 Å². The zero-order valence-corrected chi connectivity index (χ0v) is 12.7. The molecule has 1 aromatic heterocycles. The minimum Gasteiger partial charge on any atom is -0.408 e. The third-order valence-corrected chi connectivity index (χ3v) is 3.80. The predicted octanol–water partition coefficient (Wildman–Crippen LogP) is 3.39. The van der Waals surface area contributed by atoms with Gasteiger partial charge in [-0.25, -0.2) is 4.79 Å². The van der Waals surface area contributed by atoms with Gasteiger partial charge in [0.2, 0.25) is 0 Å². The van der Waals surface area contributed by atoms with Gasteiger partial charge in [-0.2, -0.15) is 5.26 Å². The Morgan fingerprint density at radius 3 is 2.70 bits per heavy atom. The number of hydrogen-bond acceptors (Lipinski definition) is 4. The lowest BCUT2D eigenvalue weighted by atomic mass is 10.0. The molecule has 5 nitrogen and oxygen atoms in total. The summed E-state index contributed by atoms with van der Waals surface area (Å²) in [5, 5.41) is 8.89. The highest BCUT2D eigenvalue weighted by molar-refractivity contribution is 6.35. The van der Waals surface area contributed by atoms with E-state index >= 15 is 0 Å². The number of fused-ring (bicyclic) bond motifs is 1. The number of aromatic nitrogens is 1. The second-order valence-corrected chi connectivity index (χ2v) is 5.33. The smallest absolute Gasteiger partial charge is 0.408 e. The van der Waals surface area contributed by atoms with Crippen LogP contribution in [0, 0.1) is 11.3 Å². The molecule has 2 aromatic carbocycles. The molecule has 0 saturated carbocycles. The van der Waals surface area contributed by atoms with Gasteiger partial charge in [0.15, 0.2) is 11.4 Å². The summed E-state index contributed by atoms with van der Waals surface area (Å²) in [6.45, 7) is 0.213. The Kier molecular flexibility index (Phi) is 4.00. The molecule has 0 atom stereocenters. The number of aryl methyl sites for hydroxylation is 1. The molecule has 0 saturated heterocycles. The van der Waals surface area contributed by atoms with Crippen molar-refractivity contribution < 1.29 is 9.21 Å².